The van der Waals surface area contributed by atoms with Crippen LogP contribution in [0, 0.1) is 6.92 Å². The zero-order valence-electron chi connectivity index (χ0n) is 12.0. The van der Waals surface area contributed by atoms with Crippen LogP contribution in [0.25, 0.3) is 0 Å². The largest absolute Gasteiger partial charge is 0.480 e. The summed E-state index contributed by atoms with van der Waals surface area (Å²) in [5, 5.41) is 15.0. The lowest BCUT2D eigenvalue weighted by Gasteiger charge is -2.46. The van der Waals surface area contributed by atoms with E-state index in [1.807, 2.05) is 0 Å². The van der Waals surface area contributed by atoms with Crippen molar-refractivity contribution in [3.63, 3.8) is 0 Å². The Morgan fingerprint density at radius 2 is 2.24 bits per heavy atom. The summed E-state index contributed by atoms with van der Waals surface area (Å²) < 4.78 is 10.1. The summed E-state index contributed by atoms with van der Waals surface area (Å²) in [7, 11) is 0. The third-order valence-electron chi connectivity index (χ3n) is 3.08. The smallest absolute Gasteiger partial charge is 0.329 e. The number of carboxylic acids is 1. The minimum Gasteiger partial charge on any atom is -0.480 e. The van der Waals surface area contributed by atoms with E-state index in [0.29, 0.717) is 37.8 Å². The van der Waals surface area contributed by atoms with Gasteiger partial charge in [0.05, 0.1) is 13.1 Å². The fraction of sp³-hybridized carbons (Fsp3) is 0.667. The first-order valence-corrected chi connectivity index (χ1v) is 6.56. The van der Waals surface area contributed by atoms with Crippen LogP contribution in [-0.2, 0) is 16.0 Å². The van der Waals surface area contributed by atoms with E-state index in [4.69, 9.17) is 14.4 Å². The number of aromatic nitrogens is 2. The molecule has 1 aliphatic rings. The Hall–Kier alpha value is -2.16. The Labute approximate surface area is 121 Å². The molecule has 0 aromatic carbocycles. The predicted molar refractivity (Wildman–Crippen MR) is 69.7 cm³/mol. The highest BCUT2D eigenvalue weighted by atomic mass is 16.5. The van der Waals surface area contributed by atoms with Crippen LogP contribution >= 0.6 is 0 Å². The topological polar surface area (TPSA) is 118 Å². The first kappa shape index (κ1) is 15.2. The monoisotopic (exact) mass is 298 g/mol. The zero-order chi connectivity index (χ0) is 15.5. The standard InChI is InChI=1S/C12H18N4O5/c1-8-14-9(15-21-8)3-4-13-11(19)16-6-12(2,7-16)20-5-10(17)18/h3-7H2,1-2H3,(H,13,19)(H,17,18). The van der Waals surface area contributed by atoms with Crippen molar-refractivity contribution < 1.29 is 24.0 Å². The molecule has 2 rings (SSSR count). The Morgan fingerprint density at radius 3 is 2.81 bits per heavy atom. The molecule has 9 nitrogen and oxygen atoms in total. The van der Waals surface area contributed by atoms with Gasteiger partial charge in [-0.3, -0.25) is 0 Å². The predicted octanol–water partition coefficient (Wildman–Crippen LogP) is -0.194. The first-order valence-electron chi connectivity index (χ1n) is 6.56. The third-order valence-corrected chi connectivity index (χ3v) is 3.08. The maximum atomic E-state index is 11.8. The van der Waals surface area contributed by atoms with Crippen LogP contribution < -0.4 is 5.32 Å². The summed E-state index contributed by atoms with van der Waals surface area (Å²) in [6, 6.07) is -0.216. The average molecular weight is 298 g/mol. The van der Waals surface area contributed by atoms with Crippen LogP contribution in [-0.4, -0.2) is 64.0 Å². The first-order chi connectivity index (χ1) is 9.88. The number of nitrogens with one attached hydrogen (secondary N) is 1. The van der Waals surface area contributed by atoms with Crippen molar-refractivity contribution in [2.24, 2.45) is 0 Å². The van der Waals surface area contributed by atoms with E-state index in [2.05, 4.69) is 15.5 Å². The number of carboxylic acid groups (broad SMARTS) is 1. The van der Waals surface area contributed by atoms with E-state index in [-0.39, 0.29) is 12.6 Å². The number of aryl methyl sites for hydroxylation is 1. The van der Waals surface area contributed by atoms with Crippen molar-refractivity contribution in [3.8, 4) is 0 Å². The molecule has 0 radical (unpaired) electrons. The van der Waals surface area contributed by atoms with Crippen molar-refractivity contribution in [1.82, 2.24) is 20.4 Å². The summed E-state index contributed by atoms with van der Waals surface area (Å²) in [6.07, 6.45) is 0.490. The maximum absolute atomic E-state index is 11.8. The summed E-state index contributed by atoms with van der Waals surface area (Å²) in [4.78, 5) is 27.9. The zero-order valence-corrected chi connectivity index (χ0v) is 12.0. The summed E-state index contributed by atoms with van der Waals surface area (Å²) in [6.45, 7) is 4.26. The highest BCUT2D eigenvalue weighted by molar-refractivity contribution is 5.75. The Bertz CT molecular complexity index is 523. The quantitative estimate of drug-likeness (QED) is 0.747. The van der Waals surface area contributed by atoms with E-state index in [0.717, 1.165) is 0 Å². The minimum atomic E-state index is -1.02. The van der Waals surface area contributed by atoms with Crippen molar-refractivity contribution in [2.75, 3.05) is 26.2 Å². The second-order valence-corrected chi connectivity index (χ2v) is 5.20. The van der Waals surface area contributed by atoms with E-state index in [1.165, 1.54) is 0 Å². The van der Waals surface area contributed by atoms with E-state index >= 15 is 0 Å². The number of hydrogen-bond donors (Lipinski definition) is 2. The molecule has 1 aromatic heterocycles. The number of aliphatic carboxylic acids is 1. The molecule has 0 bridgehead atoms. The lowest BCUT2D eigenvalue weighted by Crippen LogP contribution is -2.65. The SMILES string of the molecule is Cc1nc(CCNC(=O)N2CC(C)(OCC(=O)O)C2)no1. The van der Waals surface area contributed by atoms with E-state index in [9.17, 15) is 9.59 Å². The van der Waals surface area contributed by atoms with Gasteiger partial charge in [0.2, 0.25) is 5.89 Å². The molecule has 116 valence electrons. The van der Waals surface area contributed by atoms with Crippen LogP contribution in [0.3, 0.4) is 0 Å². The van der Waals surface area contributed by atoms with Gasteiger partial charge in [0.1, 0.15) is 12.2 Å². The fourth-order valence-corrected chi connectivity index (χ4v) is 2.07. The highest BCUT2D eigenvalue weighted by Gasteiger charge is 2.42. The maximum Gasteiger partial charge on any atom is 0.329 e. The number of amides is 2. The van der Waals surface area contributed by atoms with Gasteiger partial charge in [0.25, 0.3) is 0 Å². The van der Waals surface area contributed by atoms with Gasteiger partial charge in [-0.05, 0) is 6.92 Å². The number of ether oxygens (including phenoxy) is 1. The van der Waals surface area contributed by atoms with Crippen LogP contribution in [0.2, 0.25) is 0 Å². The Kier molecular flexibility index (Phi) is 4.41. The number of likely N-dealkylation sites (tertiary alicyclic amines) is 1. The minimum absolute atomic E-state index is 0.216. The van der Waals surface area contributed by atoms with Crippen molar-refractivity contribution in [1.29, 1.82) is 0 Å². The molecule has 1 aliphatic heterocycles. The Balaban J connectivity index is 1.65. The molecule has 0 saturated carbocycles. The lowest BCUT2D eigenvalue weighted by molar-refractivity contribution is -0.159. The summed E-state index contributed by atoms with van der Waals surface area (Å²) >= 11 is 0. The second kappa shape index (κ2) is 6.08. The van der Waals surface area contributed by atoms with Crippen LogP contribution in [0.4, 0.5) is 4.79 Å². The van der Waals surface area contributed by atoms with Gasteiger partial charge in [0.15, 0.2) is 5.82 Å². The molecular formula is C12H18N4O5. The normalized spacial score (nSPS) is 16.4. The number of carbonyl (C=O) groups is 2. The molecule has 2 amide bonds. The summed E-state index contributed by atoms with van der Waals surface area (Å²) in [5.41, 5.74) is -0.583. The molecule has 1 fully saturated rings. The van der Waals surface area contributed by atoms with Gasteiger partial charge in [-0.25, -0.2) is 9.59 Å². The van der Waals surface area contributed by atoms with Gasteiger partial charge in [-0.15, -0.1) is 0 Å². The van der Waals surface area contributed by atoms with Gasteiger partial charge in [0, 0.05) is 19.9 Å². The number of rotatable bonds is 6. The molecule has 0 aliphatic carbocycles. The molecular weight excluding hydrogens is 280 g/mol. The molecule has 1 saturated heterocycles. The van der Waals surface area contributed by atoms with E-state index < -0.39 is 11.6 Å². The van der Waals surface area contributed by atoms with Gasteiger partial charge >= 0.3 is 12.0 Å². The average Bonchev–Trinajstić information content (AvgIpc) is 2.78. The molecule has 0 unspecified atom stereocenters. The molecule has 2 N–H and O–H groups in total. The van der Waals surface area contributed by atoms with Crippen molar-refractivity contribution in [2.45, 2.75) is 25.9 Å². The summed E-state index contributed by atoms with van der Waals surface area (Å²) in [5.74, 6) is 0.0194. The number of urea groups is 1. The van der Waals surface area contributed by atoms with Crippen molar-refractivity contribution >= 4 is 12.0 Å². The van der Waals surface area contributed by atoms with Crippen LogP contribution in [0.5, 0.6) is 0 Å². The van der Waals surface area contributed by atoms with Gasteiger partial charge in [-0.1, -0.05) is 5.16 Å². The molecule has 2 heterocycles. The Morgan fingerprint density at radius 1 is 1.52 bits per heavy atom. The molecule has 9 heteroatoms. The van der Waals surface area contributed by atoms with Gasteiger partial charge < -0.3 is 24.6 Å². The molecule has 0 atom stereocenters. The second-order valence-electron chi connectivity index (χ2n) is 5.20. The molecule has 21 heavy (non-hydrogen) atoms. The number of nitrogens with zero attached hydrogens (tertiary/aromatic N) is 3. The number of carbonyl (C=O) groups excluding carboxylic acids is 1. The lowest BCUT2D eigenvalue weighted by atomic mass is 9.97. The fourth-order valence-electron chi connectivity index (χ4n) is 2.07. The van der Waals surface area contributed by atoms with E-state index in [1.54, 1.807) is 18.7 Å². The molecule has 0 spiro atoms. The third kappa shape index (κ3) is 4.15. The van der Waals surface area contributed by atoms with Gasteiger partial charge in [-0.2, -0.15) is 4.98 Å². The van der Waals surface area contributed by atoms with Crippen LogP contribution in [0.15, 0.2) is 4.52 Å². The highest BCUT2D eigenvalue weighted by Crippen LogP contribution is 2.24. The molecule has 1 aromatic rings. The van der Waals surface area contributed by atoms with Crippen LogP contribution in [0.1, 0.15) is 18.6 Å². The van der Waals surface area contributed by atoms with Crippen molar-refractivity contribution in [3.05, 3.63) is 11.7 Å². The number of hydrogen-bond acceptors (Lipinski definition) is 6.